The minimum absolute atomic E-state index is 0.199. The highest BCUT2D eigenvalue weighted by Gasteiger charge is 2.33. The molecule has 106 valence electrons. The second-order valence-corrected chi connectivity index (χ2v) is 5.00. The van der Waals surface area contributed by atoms with Crippen LogP contribution in [0, 0.1) is 0 Å². The number of imide groups is 1. The molecule has 5 nitrogen and oxygen atoms in total. The molecule has 3 amide bonds. The fraction of sp³-hybridized carbons (Fsp3) is 0.0667. The van der Waals surface area contributed by atoms with Crippen molar-refractivity contribution < 1.29 is 14.0 Å². The molecule has 1 aromatic carbocycles. The minimum Gasteiger partial charge on any atom is -0.472 e. The van der Waals surface area contributed by atoms with E-state index in [0.717, 1.165) is 10.5 Å². The van der Waals surface area contributed by atoms with Crippen LogP contribution in [0.15, 0.2) is 53.0 Å². The van der Waals surface area contributed by atoms with Crippen LogP contribution in [0.1, 0.15) is 11.1 Å². The van der Waals surface area contributed by atoms with E-state index in [1.165, 1.54) is 12.5 Å². The van der Waals surface area contributed by atoms with Crippen molar-refractivity contribution in [2.24, 2.45) is 0 Å². The zero-order chi connectivity index (χ0) is 14.8. The van der Waals surface area contributed by atoms with Gasteiger partial charge in [-0.1, -0.05) is 23.7 Å². The van der Waals surface area contributed by atoms with Crippen LogP contribution in [0.5, 0.6) is 0 Å². The fourth-order valence-electron chi connectivity index (χ4n) is 2.01. The van der Waals surface area contributed by atoms with Crippen molar-refractivity contribution >= 4 is 29.6 Å². The maximum Gasteiger partial charge on any atom is 0.329 e. The van der Waals surface area contributed by atoms with Crippen molar-refractivity contribution in [1.82, 2.24) is 10.2 Å². The van der Waals surface area contributed by atoms with Gasteiger partial charge in [-0.05, 0) is 29.8 Å². The first-order valence-corrected chi connectivity index (χ1v) is 6.62. The van der Waals surface area contributed by atoms with E-state index in [0.29, 0.717) is 10.6 Å². The number of amides is 3. The van der Waals surface area contributed by atoms with Gasteiger partial charge in [0.1, 0.15) is 5.70 Å². The fourth-order valence-corrected chi connectivity index (χ4v) is 2.14. The molecule has 1 aliphatic heterocycles. The third-order valence-corrected chi connectivity index (χ3v) is 3.32. The number of hydrogen-bond donors (Lipinski definition) is 1. The van der Waals surface area contributed by atoms with Gasteiger partial charge in [0.25, 0.3) is 5.91 Å². The Morgan fingerprint density at radius 2 is 1.95 bits per heavy atom. The van der Waals surface area contributed by atoms with Crippen LogP contribution in [-0.4, -0.2) is 16.8 Å². The highest BCUT2D eigenvalue weighted by atomic mass is 35.5. The Morgan fingerprint density at radius 3 is 2.62 bits per heavy atom. The Labute approximate surface area is 125 Å². The number of carbonyl (C=O) groups excluding carboxylic acids is 2. The van der Waals surface area contributed by atoms with E-state index in [1.54, 1.807) is 36.4 Å². The second-order valence-electron chi connectivity index (χ2n) is 4.56. The standard InChI is InChI=1S/C15H11ClN2O3/c16-12-3-1-10(2-4-12)8-18-14(19)13(17-15(18)20)7-11-5-6-21-9-11/h1-7,9H,8H2,(H,17,20)/b13-7-. The molecule has 0 unspecified atom stereocenters. The zero-order valence-electron chi connectivity index (χ0n) is 10.9. The lowest BCUT2D eigenvalue weighted by molar-refractivity contribution is -0.123. The minimum atomic E-state index is -0.440. The molecule has 21 heavy (non-hydrogen) atoms. The number of nitrogens with zero attached hydrogens (tertiary/aromatic N) is 1. The van der Waals surface area contributed by atoms with E-state index in [9.17, 15) is 9.59 Å². The van der Waals surface area contributed by atoms with E-state index in [4.69, 9.17) is 16.0 Å². The molecule has 1 saturated heterocycles. The Kier molecular flexibility index (Phi) is 3.50. The third kappa shape index (κ3) is 2.83. The summed E-state index contributed by atoms with van der Waals surface area (Å²) in [7, 11) is 0. The average molecular weight is 303 g/mol. The van der Waals surface area contributed by atoms with Gasteiger partial charge < -0.3 is 9.73 Å². The Hall–Kier alpha value is -2.53. The van der Waals surface area contributed by atoms with E-state index in [1.807, 2.05) is 0 Å². The number of nitrogens with one attached hydrogen (secondary N) is 1. The third-order valence-electron chi connectivity index (χ3n) is 3.07. The van der Waals surface area contributed by atoms with Crippen LogP contribution < -0.4 is 5.32 Å². The SMILES string of the molecule is O=C1N/C(=C\c2ccoc2)C(=O)N1Cc1ccc(Cl)cc1. The predicted molar refractivity (Wildman–Crippen MR) is 77.2 cm³/mol. The van der Waals surface area contributed by atoms with Gasteiger partial charge in [-0.25, -0.2) is 4.79 Å². The summed E-state index contributed by atoms with van der Waals surface area (Å²) in [6.07, 6.45) is 4.57. The molecule has 1 aliphatic rings. The summed E-state index contributed by atoms with van der Waals surface area (Å²) in [6, 6.07) is 8.26. The number of carbonyl (C=O) groups is 2. The van der Waals surface area contributed by atoms with E-state index in [-0.39, 0.29) is 18.1 Å². The largest absolute Gasteiger partial charge is 0.472 e. The molecule has 0 radical (unpaired) electrons. The van der Waals surface area contributed by atoms with Gasteiger partial charge in [-0.3, -0.25) is 9.69 Å². The van der Waals surface area contributed by atoms with Crippen LogP contribution >= 0.6 is 11.6 Å². The summed E-state index contributed by atoms with van der Waals surface area (Å²) in [4.78, 5) is 25.3. The number of hydrogen-bond acceptors (Lipinski definition) is 3. The molecular formula is C15H11ClN2O3. The first-order valence-electron chi connectivity index (χ1n) is 6.25. The van der Waals surface area contributed by atoms with Crippen molar-refractivity contribution in [3.05, 3.63) is 64.7 Å². The number of urea groups is 1. The van der Waals surface area contributed by atoms with Gasteiger partial charge in [-0.15, -0.1) is 0 Å². The summed E-state index contributed by atoms with van der Waals surface area (Å²) < 4.78 is 4.93. The second kappa shape index (κ2) is 5.46. The van der Waals surface area contributed by atoms with Crippen LogP contribution in [0.25, 0.3) is 6.08 Å². The molecule has 6 heteroatoms. The summed E-state index contributed by atoms with van der Waals surface area (Å²) in [5, 5.41) is 3.16. The normalized spacial score (nSPS) is 16.6. The lowest BCUT2D eigenvalue weighted by Gasteiger charge is -2.11. The Balaban J connectivity index is 1.79. The molecule has 0 atom stereocenters. The number of benzene rings is 1. The zero-order valence-corrected chi connectivity index (χ0v) is 11.6. The van der Waals surface area contributed by atoms with Crippen molar-refractivity contribution in [2.75, 3.05) is 0 Å². The monoisotopic (exact) mass is 302 g/mol. The van der Waals surface area contributed by atoms with Crippen molar-refractivity contribution in [1.29, 1.82) is 0 Å². The van der Waals surface area contributed by atoms with Crippen molar-refractivity contribution in [3.63, 3.8) is 0 Å². The first-order chi connectivity index (χ1) is 10.1. The van der Waals surface area contributed by atoms with Gasteiger partial charge in [0.05, 0.1) is 19.1 Å². The van der Waals surface area contributed by atoms with Gasteiger partial charge in [-0.2, -0.15) is 0 Å². The smallest absolute Gasteiger partial charge is 0.329 e. The molecule has 3 rings (SSSR count). The van der Waals surface area contributed by atoms with Crippen molar-refractivity contribution in [3.8, 4) is 0 Å². The molecule has 2 heterocycles. The van der Waals surface area contributed by atoms with Crippen LogP contribution in [0.3, 0.4) is 0 Å². The lowest BCUT2D eigenvalue weighted by atomic mass is 10.2. The van der Waals surface area contributed by atoms with Gasteiger partial charge in [0.2, 0.25) is 0 Å². The number of furan rings is 1. The summed E-state index contributed by atoms with van der Waals surface area (Å²) in [5.41, 5.74) is 1.77. The molecular weight excluding hydrogens is 292 g/mol. The van der Waals surface area contributed by atoms with Gasteiger partial charge >= 0.3 is 6.03 Å². The molecule has 0 saturated carbocycles. The van der Waals surface area contributed by atoms with Gasteiger partial charge in [0.15, 0.2) is 0 Å². The molecule has 0 bridgehead atoms. The number of halogens is 1. The highest BCUT2D eigenvalue weighted by Crippen LogP contribution is 2.18. The molecule has 1 N–H and O–H groups in total. The van der Waals surface area contributed by atoms with Crippen LogP contribution in [0.4, 0.5) is 4.79 Å². The van der Waals surface area contributed by atoms with E-state index >= 15 is 0 Å². The highest BCUT2D eigenvalue weighted by molar-refractivity contribution is 6.30. The Morgan fingerprint density at radius 1 is 1.19 bits per heavy atom. The van der Waals surface area contributed by atoms with Crippen LogP contribution in [0.2, 0.25) is 5.02 Å². The summed E-state index contributed by atoms with van der Waals surface area (Å²) in [6.45, 7) is 0.199. The summed E-state index contributed by atoms with van der Waals surface area (Å²) >= 11 is 5.81. The Bertz CT molecular complexity index is 705. The molecule has 0 aliphatic carbocycles. The molecule has 2 aromatic rings. The van der Waals surface area contributed by atoms with E-state index < -0.39 is 6.03 Å². The van der Waals surface area contributed by atoms with E-state index in [2.05, 4.69) is 5.32 Å². The predicted octanol–water partition coefficient (Wildman–Crippen LogP) is 3.03. The number of rotatable bonds is 3. The van der Waals surface area contributed by atoms with Gasteiger partial charge in [0, 0.05) is 10.6 Å². The maximum absolute atomic E-state index is 12.2. The van der Waals surface area contributed by atoms with Crippen LogP contribution in [-0.2, 0) is 11.3 Å². The lowest BCUT2D eigenvalue weighted by Crippen LogP contribution is -2.30. The first kappa shape index (κ1) is 13.5. The quantitative estimate of drug-likeness (QED) is 0.700. The van der Waals surface area contributed by atoms with Crippen molar-refractivity contribution in [2.45, 2.75) is 6.54 Å². The molecule has 1 aromatic heterocycles. The molecule has 0 spiro atoms. The molecule has 1 fully saturated rings. The average Bonchev–Trinajstić information content (AvgIpc) is 3.06. The topological polar surface area (TPSA) is 62.6 Å². The summed E-state index contributed by atoms with van der Waals surface area (Å²) in [5.74, 6) is -0.365. The maximum atomic E-state index is 12.2.